The molecule has 1 aliphatic rings. The maximum atomic E-state index is 14.9. The number of aromatic nitrogens is 3. The molecule has 1 aromatic heterocycles. The van der Waals surface area contributed by atoms with E-state index in [9.17, 15) is 22.3 Å². The third-order valence-corrected chi connectivity index (χ3v) is 5.90. The first-order valence-electron chi connectivity index (χ1n) is 8.78. The van der Waals surface area contributed by atoms with Gasteiger partial charge in [-0.2, -0.15) is 0 Å². The van der Waals surface area contributed by atoms with Gasteiger partial charge in [-0.05, 0) is 30.2 Å². The van der Waals surface area contributed by atoms with Gasteiger partial charge in [0.2, 0.25) is 5.95 Å². The number of nitrogens with one attached hydrogen (secondary N) is 1. The minimum Gasteiger partial charge on any atom is -0.489 e. The molecule has 0 saturated carbocycles. The zero-order valence-corrected chi connectivity index (χ0v) is 17.4. The van der Waals surface area contributed by atoms with Crippen LogP contribution in [0.15, 0.2) is 35.4 Å². The molecule has 1 atom stereocenters. The molecule has 3 aromatic rings. The summed E-state index contributed by atoms with van der Waals surface area (Å²) in [4.78, 5) is 3.25. The van der Waals surface area contributed by atoms with Gasteiger partial charge in [-0.25, -0.2) is 22.2 Å². The Balaban J connectivity index is 1.71. The number of nitrogens with two attached hydrogens (primary N) is 1. The first kappa shape index (κ1) is 21.7. The Morgan fingerprint density at radius 3 is 2.75 bits per heavy atom. The molecule has 1 aliphatic heterocycles. The predicted molar refractivity (Wildman–Crippen MR) is 109 cm³/mol. The van der Waals surface area contributed by atoms with Crippen LogP contribution in [-0.2, 0) is 10.0 Å². The van der Waals surface area contributed by atoms with E-state index >= 15 is 0 Å². The number of hydrogen-bond acceptors (Lipinski definition) is 8. The van der Waals surface area contributed by atoms with E-state index < -0.39 is 43.9 Å². The fourth-order valence-electron chi connectivity index (χ4n) is 2.86. The first-order chi connectivity index (χ1) is 15.2. The van der Waals surface area contributed by atoms with Gasteiger partial charge in [0.05, 0.1) is 17.4 Å². The second kappa shape index (κ2) is 8.19. The second-order valence-corrected chi connectivity index (χ2v) is 8.58. The molecule has 2 aromatic carbocycles. The number of nitrogen functional groups attached to an aromatic ring is 1. The van der Waals surface area contributed by atoms with Crippen molar-refractivity contribution in [3.05, 3.63) is 63.9 Å². The van der Waals surface area contributed by atoms with Gasteiger partial charge in [-0.15, -0.1) is 10.2 Å². The van der Waals surface area contributed by atoms with Gasteiger partial charge < -0.3 is 15.6 Å². The Bertz CT molecular complexity index is 1390. The molecule has 13 heteroatoms. The molecule has 0 spiro atoms. The molecule has 4 rings (SSSR count). The normalized spacial score (nSPS) is 14.8. The lowest BCUT2D eigenvalue weighted by atomic mass is 10.1. The van der Waals surface area contributed by atoms with Crippen molar-refractivity contribution in [2.75, 3.05) is 17.1 Å². The van der Waals surface area contributed by atoms with E-state index in [2.05, 4.69) is 27.0 Å². The van der Waals surface area contributed by atoms with E-state index in [0.717, 1.165) is 24.4 Å². The molecule has 2 heterocycles. The highest BCUT2D eigenvalue weighted by atomic mass is 35.5. The molecule has 0 bridgehead atoms. The average Bonchev–Trinajstić information content (AvgIpc) is 3.11. The van der Waals surface area contributed by atoms with Crippen LogP contribution in [0.1, 0.15) is 22.9 Å². The smallest absolute Gasteiger partial charge is 0.265 e. The van der Waals surface area contributed by atoms with Crippen LogP contribution >= 0.6 is 11.6 Å². The molecule has 0 saturated heterocycles. The van der Waals surface area contributed by atoms with Crippen molar-refractivity contribution in [2.24, 2.45) is 0 Å². The molecule has 9 nitrogen and oxygen atoms in total. The van der Waals surface area contributed by atoms with Crippen LogP contribution in [0.2, 0.25) is 5.02 Å². The van der Waals surface area contributed by atoms with Crippen molar-refractivity contribution in [3.63, 3.8) is 0 Å². The van der Waals surface area contributed by atoms with Crippen LogP contribution < -0.4 is 15.2 Å². The predicted octanol–water partition coefficient (Wildman–Crippen LogP) is 2.01. The highest BCUT2D eigenvalue weighted by Gasteiger charge is 2.31. The summed E-state index contributed by atoms with van der Waals surface area (Å²) in [6.45, 7) is -0.161. The van der Waals surface area contributed by atoms with Crippen molar-refractivity contribution < 1.29 is 27.0 Å². The quantitative estimate of drug-likeness (QED) is 0.484. The number of sulfonamides is 1. The van der Waals surface area contributed by atoms with Gasteiger partial charge in [0.1, 0.15) is 29.2 Å². The number of fused-ring (bicyclic) bond motifs is 1. The number of hydrogen-bond donors (Lipinski definition) is 3. The van der Waals surface area contributed by atoms with E-state index in [4.69, 9.17) is 22.1 Å². The van der Waals surface area contributed by atoms with E-state index in [1.54, 1.807) is 0 Å². The lowest BCUT2D eigenvalue weighted by Gasteiger charge is -2.13. The zero-order valence-electron chi connectivity index (χ0n) is 15.8. The van der Waals surface area contributed by atoms with Crippen molar-refractivity contribution in [1.29, 1.82) is 0 Å². The minimum absolute atomic E-state index is 0.00539. The van der Waals surface area contributed by atoms with Crippen molar-refractivity contribution >= 4 is 33.3 Å². The largest absolute Gasteiger partial charge is 0.489 e. The van der Waals surface area contributed by atoms with E-state index in [-0.39, 0.29) is 34.6 Å². The summed E-state index contributed by atoms with van der Waals surface area (Å²) in [7, 11) is -4.44. The number of halogens is 3. The summed E-state index contributed by atoms with van der Waals surface area (Å²) in [6, 6.07) is 4.21. The van der Waals surface area contributed by atoms with E-state index in [1.165, 1.54) is 6.07 Å². The lowest BCUT2D eigenvalue weighted by Crippen LogP contribution is -2.15. The fourth-order valence-corrected chi connectivity index (χ4v) is 4.41. The number of nitrogens with zero attached hydrogens (tertiary/aromatic N) is 3. The SMILES string of the molecule is Nc1ncc(C#Cc2c(F)ccc(NS(=O)(=O)c3cc(Cl)cc4c3OCC4O)c2F)nn1. The van der Waals surface area contributed by atoms with Crippen LogP contribution in [0, 0.1) is 23.5 Å². The molecular weight excluding hydrogens is 468 g/mol. The van der Waals surface area contributed by atoms with Gasteiger partial charge in [0, 0.05) is 10.6 Å². The minimum atomic E-state index is -4.44. The average molecular weight is 480 g/mol. The van der Waals surface area contributed by atoms with Crippen molar-refractivity contribution in [1.82, 2.24) is 15.2 Å². The third kappa shape index (κ3) is 4.13. The Labute approximate surface area is 185 Å². The summed E-state index contributed by atoms with van der Waals surface area (Å²) < 4.78 is 62.2. The van der Waals surface area contributed by atoms with Gasteiger partial charge >= 0.3 is 0 Å². The molecular formula is C19H12ClF2N5O4S. The number of rotatable bonds is 3. The Hall–Kier alpha value is -3.53. The van der Waals surface area contributed by atoms with Gasteiger partial charge in [0.25, 0.3) is 10.0 Å². The number of ether oxygens (including phenoxy) is 1. The maximum absolute atomic E-state index is 14.9. The Morgan fingerprint density at radius 1 is 1.25 bits per heavy atom. The van der Waals surface area contributed by atoms with Crippen molar-refractivity contribution in [2.45, 2.75) is 11.0 Å². The van der Waals surface area contributed by atoms with Crippen LogP contribution in [0.5, 0.6) is 5.75 Å². The number of benzene rings is 2. The highest BCUT2D eigenvalue weighted by molar-refractivity contribution is 7.92. The van der Waals surface area contributed by atoms with Crippen LogP contribution in [0.3, 0.4) is 0 Å². The molecule has 0 aliphatic carbocycles. The number of aliphatic hydroxyl groups is 1. The lowest BCUT2D eigenvalue weighted by molar-refractivity contribution is 0.140. The summed E-state index contributed by atoms with van der Waals surface area (Å²) in [6.07, 6.45) is 0.0965. The molecule has 0 radical (unpaired) electrons. The molecule has 0 fully saturated rings. The zero-order chi connectivity index (χ0) is 23.0. The first-order valence-corrected chi connectivity index (χ1v) is 10.6. The third-order valence-electron chi connectivity index (χ3n) is 4.31. The fraction of sp³-hybridized carbons (Fsp3) is 0.105. The van der Waals surface area contributed by atoms with Gasteiger partial charge in [0.15, 0.2) is 11.5 Å². The van der Waals surface area contributed by atoms with Crippen LogP contribution in [-0.4, -0.2) is 35.3 Å². The Kier molecular flexibility index (Phi) is 5.55. The van der Waals surface area contributed by atoms with E-state index in [1.807, 2.05) is 4.72 Å². The highest BCUT2D eigenvalue weighted by Crippen LogP contribution is 2.40. The molecule has 1 unspecified atom stereocenters. The molecule has 32 heavy (non-hydrogen) atoms. The van der Waals surface area contributed by atoms with Crippen molar-refractivity contribution in [3.8, 4) is 17.6 Å². The number of aliphatic hydroxyl groups excluding tert-OH is 1. The van der Waals surface area contributed by atoms with Gasteiger partial charge in [-0.3, -0.25) is 4.72 Å². The Morgan fingerprint density at radius 2 is 2.03 bits per heavy atom. The molecule has 4 N–H and O–H groups in total. The topological polar surface area (TPSA) is 140 Å². The summed E-state index contributed by atoms with van der Waals surface area (Å²) in [5.41, 5.74) is 4.22. The van der Waals surface area contributed by atoms with Crippen LogP contribution in [0.4, 0.5) is 20.4 Å². The van der Waals surface area contributed by atoms with Gasteiger partial charge in [-0.1, -0.05) is 17.5 Å². The number of anilines is 2. The summed E-state index contributed by atoms with van der Waals surface area (Å²) in [5, 5.41) is 17.0. The summed E-state index contributed by atoms with van der Waals surface area (Å²) >= 11 is 5.96. The second-order valence-electron chi connectivity index (χ2n) is 6.49. The summed E-state index contributed by atoms with van der Waals surface area (Å²) in [5.74, 6) is 2.13. The standard InChI is InChI=1S/C19H12ClF2N5O4S/c20-9-5-12-15(28)8-31-18(12)16(6-9)32(29,30)27-14-4-3-13(21)11(17(14)22)2-1-10-7-24-19(23)26-25-10/h3-7,15,27-28H,8H2,(H2,23,24,26). The molecule has 164 valence electrons. The molecule has 0 amide bonds. The van der Waals surface area contributed by atoms with Crippen LogP contribution in [0.25, 0.3) is 0 Å². The van der Waals surface area contributed by atoms with E-state index in [0.29, 0.717) is 0 Å². The maximum Gasteiger partial charge on any atom is 0.265 e. The monoisotopic (exact) mass is 479 g/mol.